The number of para-hydroxylation sites is 1. The number of hydrogen-bond acceptors (Lipinski definition) is 2. The normalized spacial score (nSPS) is 11.9. The Bertz CT molecular complexity index is 2740. The lowest BCUT2D eigenvalue weighted by atomic mass is 9.85. The van der Waals surface area contributed by atoms with E-state index in [1.807, 2.05) is 11.3 Å². The summed E-state index contributed by atoms with van der Waals surface area (Å²) in [6.07, 6.45) is 0. The molecule has 0 saturated heterocycles. The van der Waals surface area contributed by atoms with Gasteiger partial charge in [0.2, 0.25) is 0 Å². The van der Waals surface area contributed by atoms with Gasteiger partial charge in [0.1, 0.15) is 11.2 Å². The Labute approximate surface area is 269 Å². The van der Waals surface area contributed by atoms with Gasteiger partial charge < -0.3 is 4.42 Å². The van der Waals surface area contributed by atoms with Crippen LogP contribution in [0.25, 0.3) is 97.7 Å². The molecule has 0 aliphatic heterocycles. The average Bonchev–Trinajstić information content (AvgIpc) is 3.72. The van der Waals surface area contributed by atoms with Crippen molar-refractivity contribution in [1.29, 1.82) is 0 Å². The van der Waals surface area contributed by atoms with Crippen LogP contribution < -0.4 is 0 Å². The van der Waals surface area contributed by atoms with Crippen LogP contribution in [0, 0.1) is 0 Å². The van der Waals surface area contributed by atoms with Crippen molar-refractivity contribution in [3.05, 3.63) is 157 Å². The van der Waals surface area contributed by atoms with Crippen molar-refractivity contribution < 1.29 is 4.42 Å². The molecule has 0 aliphatic rings. The highest BCUT2D eigenvalue weighted by molar-refractivity contribution is 7.19. The van der Waals surface area contributed by atoms with Crippen molar-refractivity contribution in [2.75, 3.05) is 0 Å². The molecule has 0 bridgehead atoms. The average molecular weight is 603 g/mol. The molecule has 1 nitrogen and oxygen atoms in total. The van der Waals surface area contributed by atoms with Crippen molar-refractivity contribution >= 4 is 75.7 Å². The van der Waals surface area contributed by atoms with Crippen molar-refractivity contribution in [2.45, 2.75) is 0 Å². The smallest absolute Gasteiger partial charge is 0.143 e. The van der Waals surface area contributed by atoms with E-state index in [1.54, 1.807) is 0 Å². The Kier molecular flexibility index (Phi) is 5.51. The van der Waals surface area contributed by atoms with Gasteiger partial charge in [-0.1, -0.05) is 133 Å². The fraction of sp³-hybridized carbons (Fsp3) is 0. The third kappa shape index (κ3) is 3.68. The van der Waals surface area contributed by atoms with Crippen LogP contribution in [0.4, 0.5) is 0 Å². The predicted molar refractivity (Wildman–Crippen MR) is 198 cm³/mol. The highest BCUT2D eigenvalue weighted by Crippen LogP contribution is 2.48. The van der Waals surface area contributed by atoms with E-state index in [2.05, 4.69) is 157 Å². The van der Waals surface area contributed by atoms with Gasteiger partial charge in [0.05, 0.1) is 0 Å². The zero-order valence-electron chi connectivity index (χ0n) is 24.8. The van der Waals surface area contributed by atoms with Crippen molar-refractivity contribution in [2.24, 2.45) is 0 Å². The molecular formula is C44H26OS. The summed E-state index contributed by atoms with van der Waals surface area (Å²) in [5.41, 5.74) is 9.22. The van der Waals surface area contributed by atoms with E-state index >= 15 is 0 Å². The molecule has 2 heterocycles. The van der Waals surface area contributed by atoms with Gasteiger partial charge in [0, 0.05) is 37.5 Å². The summed E-state index contributed by atoms with van der Waals surface area (Å²) in [5.74, 6) is 0. The zero-order chi connectivity index (χ0) is 30.2. The first-order valence-electron chi connectivity index (χ1n) is 15.7. The molecule has 0 unspecified atom stereocenters. The van der Waals surface area contributed by atoms with Gasteiger partial charge in [-0.25, -0.2) is 0 Å². The molecule has 0 radical (unpaired) electrons. The molecule has 0 fully saturated rings. The van der Waals surface area contributed by atoms with Crippen LogP contribution in [0.15, 0.2) is 161 Å². The van der Waals surface area contributed by atoms with Gasteiger partial charge in [0.15, 0.2) is 0 Å². The number of benzene rings is 8. The first-order valence-corrected chi connectivity index (χ1v) is 16.6. The first kappa shape index (κ1) is 25.6. The number of thiophene rings is 1. The molecule has 2 aromatic heterocycles. The summed E-state index contributed by atoms with van der Waals surface area (Å²) in [7, 11) is 0. The summed E-state index contributed by atoms with van der Waals surface area (Å²) in [5, 5.41) is 13.4. The van der Waals surface area contributed by atoms with E-state index in [-0.39, 0.29) is 0 Å². The number of fused-ring (bicyclic) bond motifs is 8. The van der Waals surface area contributed by atoms with E-state index in [0.29, 0.717) is 0 Å². The minimum absolute atomic E-state index is 0.927. The summed E-state index contributed by atoms with van der Waals surface area (Å²) in [4.78, 5) is 0. The zero-order valence-corrected chi connectivity index (χ0v) is 25.6. The van der Waals surface area contributed by atoms with Crippen molar-refractivity contribution in [3.8, 4) is 33.4 Å². The highest BCUT2D eigenvalue weighted by Gasteiger charge is 2.21. The van der Waals surface area contributed by atoms with Crippen LogP contribution in [0.2, 0.25) is 0 Å². The predicted octanol–water partition coefficient (Wildman–Crippen LogP) is 13.3. The topological polar surface area (TPSA) is 13.1 Å². The van der Waals surface area contributed by atoms with E-state index in [4.69, 9.17) is 4.42 Å². The summed E-state index contributed by atoms with van der Waals surface area (Å²) >= 11 is 1.81. The van der Waals surface area contributed by atoms with Gasteiger partial charge in [-0.15, -0.1) is 11.3 Å². The van der Waals surface area contributed by atoms with E-state index < -0.39 is 0 Å². The summed E-state index contributed by atoms with van der Waals surface area (Å²) < 4.78 is 8.11. The molecule has 214 valence electrons. The lowest BCUT2D eigenvalue weighted by Crippen LogP contribution is -1.90. The van der Waals surface area contributed by atoms with Gasteiger partial charge in [-0.05, 0) is 72.6 Å². The lowest BCUT2D eigenvalue weighted by molar-refractivity contribution is 0.670. The number of furan rings is 1. The SMILES string of the molecule is c1ccc(-c2c3ccccc3c(-c3cccc4c3oc3ccc5c(-c6ccc7ccccc7c6)csc5c34)c3ccccc23)cc1. The Morgan fingerprint density at radius 3 is 1.83 bits per heavy atom. The maximum absolute atomic E-state index is 6.84. The fourth-order valence-corrected chi connectivity index (χ4v) is 8.62. The van der Waals surface area contributed by atoms with Crippen LogP contribution >= 0.6 is 11.3 Å². The lowest BCUT2D eigenvalue weighted by Gasteiger charge is -2.17. The minimum atomic E-state index is 0.927. The van der Waals surface area contributed by atoms with Gasteiger partial charge in [-0.2, -0.15) is 0 Å². The van der Waals surface area contributed by atoms with Gasteiger partial charge in [0.25, 0.3) is 0 Å². The standard InChI is InChI=1S/C44H26OS/c1-2-12-28(13-3-1)40-31-15-6-8-17-33(31)41(34-18-9-7-16-32(34)40)36-19-10-20-37-42-39(45-43(36)37)24-23-35-38(26-46-44(35)42)30-22-21-27-11-4-5-14-29(27)25-30/h1-26H. The molecule has 0 N–H and O–H groups in total. The maximum Gasteiger partial charge on any atom is 0.143 e. The van der Waals surface area contributed by atoms with Crippen LogP contribution in [0.5, 0.6) is 0 Å². The van der Waals surface area contributed by atoms with E-state index in [0.717, 1.165) is 22.1 Å². The third-order valence-corrected chi connectivity index (χ3v) is 10.5. The Morgan fingerprint density at radius 2 is 1.07 bits per heavy atom. The summed E-state index contributed by atoms with van der Waals surface area (Å²) in [6.45, 7) is 0. The van der Waals surface area contributed by atoms with Crippen molar-refractivity contribution in [1.82, 2.24) is 0 Å². The second kappa shape index (κ2) is 9.90. The van der Waals surface area contributed by atoms with Crippen LogP contribution in [-0.4, -0.2) is 0 Å². The molecule has 10 rings (SSSR count). The second-order valence-corrected chi connectivity index (χ2v) is 12.9. The largest absolute Gasteiger partial charge is 0.455 e. The van der Waals surface area contributed by atoms with Crippen LogP contribution in [-0.2, 0) is 0 Å². The van der Waals surface area contributed by atoms with Crippen LogP contribution in [0.3, 0.4) is 0 Å². The molecule has 0 atom stereocenters. The molecule has 46 heavy (non-hydrogen) atoms. The quantitative estimate of drug-likeness (QED) is 0.183. The molecule has 0 amide bonds. The maximum atomic E-state index is 6.84. The fourth-order valence-electron chi connectivity index (χ4n) is 7.49. The Hall–Kier alpha value is -5.70. The molecular weight excluding hydrogens is 577 g/mol. The number of hydrogen-bond donors (Lipinski definition) is 0. The highest BCUT2D eigenvalue weighted by atomic mass is 32.1. The van der Waals surface area contributed by atoms with Crippen LogP contribution in [0.1, 0.15) is 0 Å². The van der Waals surface area contributed by atoms with Gasteiger partial charge in [-0.3, -0.25) is 0 Å². The third-order valence-electron chi connectivity index (χ3n) is 9.52. The molecule has 2 heteroatoms. The Morgan fingerprint density at radius 1 is 0.413 bits per heavy atom. The van der Waals surface area contributed by atoms with E-state index in [9.17, 15) is 0 Å². The molecule has 0 spiro atoms. The summed E-state index contributed by atoms with van der Waals surface area (Å²) in [6, 6.07) is 54.8. The minimum Gasteiger partial charge on any atom is -0.455 e. The molecule has 8 aromatic carbocycles. The molecule has 10 aromatic rings. The van der Waals surface area contributed by atoms with E-state index in [1.165, 1.54) is 75.6 Å². The van der Waals surface area contributed by atoms with Crippen molar-refractivity contribution in [3.63, 3.8) is 0 Å². The van der Waals surface area contributed by atoms with Gasteiger partial charge >= 0.3 is 0 Å². The Balaban J connectivity index is 1.25. The second-order valence-electron chi connectivity index (χ2n) is 12.0. The molecule has 0 aliphatic carbocycles. The molecule has 0 saturated carbocycles. The first-order chi connectivity index (χ1) is 22.8. The number of rotatable bonds is 3. The monoisotopic (exact) mass is 602 g/mol.